The fraction of sp³-hybridized carbons (Fsp3) is 0.400. The highest BCUT2D eigenvalue weighted by atomic mass is 19.1. The van der Waals surface area contributed by atoms with Crippen LogP contribution in [-0.2, 0) is 13.0 Å². The van der Waals surface area contributed by atoms with Crippen LogP contribution in [-0.4, -0.2) is 16.3 Å². The molecule has 20 heavy (non-hydrogen) atoms. The Morgan fingerprint density at radius 3 is 2.50 bits per heavy atom. The van der Waals surface area contributed by atoms with Crippen molar-refractivity contribution >= 4 is 0 Å². The monoisotopic (exact) mass is 279 g/mol. The molecular formula is C15H19F2N3. The number of aryl methyl sites for hydroxylation is 1. The first-order valence-electron chi connectivity index (χ1n) is 6.85. The Kier molecular flexibility index (Phi) is 4.84. The summed E-state index contributed by atoms with van der Waals surface area (Å²) < 4.78 is 29.4. The van der Waals surface area contributed by atoms with E-state index in [0.29, 0.717) is 0 Å². The van der Waals surface area contributed by atoms with Crippen LogP contribution in [0.2, 0.25) is 0 Å². The number of nitrogens with zero attached hydrogens (tertiary/aromatic N) is 2. The Bertz CT molecular complexity index is 546. The number of halogens is 2. The molecule has 2 aromatic rings. The second kappa shape index (κ2) is 6.61. The summed E-state index contributed by atoms with van der Waals surface area (Å²) in [5, 5.41) is 7.48. The Labute approximate surface area is 117 Å². The van der Waals surface area contributed by atoms with E-state index in [9.17, 15) is 8.78 Å². The summed E-state index contributed by atoms with van der Waals surface area (Å²) in [5.74, 6) is -1.01. The highest BCUT2D eigenvalue weighted by molar-refractivity contribution is 5.23. The zero-order valence-corrected chi connectivity index (χ0v) is 11.7. The highest BCUT2D eigenvalue weighted by Crippen LogP contribution is 2.22. The highest BCUT2D eigenvalue weighted by Gasteiger charge is 2.19. The maximum atomic E-state index is 13.8. The molecule has 108 valence electrons. The summed E-state index contributed by atoms with van der Waals surface area (Å²) in [6.45, 7) is 5.40. The smallest absolute Gasteiger partial charge is 0.129 e. The number of benzene rings is 1. The van der Waals surface area contributed by atoms with Crippen molar-refractivity contribution in [1.82, 2.24) is 15.1 Å². The van der Waals surface area contributed by atoms with Crippen molar-refractivity contribution in [3.05, 3.63) is 53.4 Å². The summed E-state index contributed by atoms with van der Waals surface area (Å²) in [4.78, 5) is 0. The van der Waals surface area contributed by atoms with Gasteiger partial charge >= 0.3 is 0 Å². The largest absolute Gasteiger partial charge is 0.309 e. The van der Waals surface area contributed by atoms with Crippen molar-refractivity contribution in [3.8, 4) is 0 Å². The number of nitrogens with one attached hydrogen (secondary N) is 1. The molecule has 0 spiro atoms. The molecule has 0 saturated carbocycles. The zero-order valence-electron chi connectivity index (χ0n) is 11.7. The second-order valence-corrected chi connectivity index (χ2v) is 4.59. The molecule has 1 heterocycles. The van der Waals surface area contributed by atoms with E-state index in [1.54, 1.807) is 6.20 Å². The third-order valence-electron chi connectivity index (χ3n) is 3.33. The minimum Gasteiger partial charge on any atom is -0.309 e. The lowest BCUT2D eigenvalue weighted by molar-refractivity contribution is 0.466. The lowest BCUT2D eigenvalue weighted by atomic mass is 10.0. The maximum absolute atomic E-state index is 13.8. The molecule has 1 aromatic carbocycles. The van der Waals surface area contributed by atoms with Crippen molar-refractivity contribution < 1.29 is 8.78 Å². The van der Waals surface area contributed by atoms with Gasteiger partial charge in [0.05, 0.1) is 11.7 Å². The van der Waals surface area contributed by atoms with Gasteiger partial charge in [-0.2, -0.15) is 5.10 Å². The van der Waals surface area contributed by atoms with Crippen molar-refractivity contribution in [3.63, 3.8) is 0 Å². The molecule has 0 fully saturated rings. The molecule has 1 atom stereocenters. The van der Waals surface area contributed by atoms with Crippen LogP contribution in [0.1, 0.15) is 31.1 Å². The quantitative estimate of drug-likeness (QED) is 0.880. The standard InChI is InChI=1S/C15H19F2N3/c1-3-18-14(15-8-9-19-20(15)4-2)10-11-12(16)6-5-7-13(11)17/h5-9,14,18H,3-4,10H2,1-2H3. The van der Waals surface area contributed by atoms with Crippen molar-refractivity contribution in [2.75, 3.05) is 6.54 Å². The Hall–Kier alpha value is -1.75. The molecule has 0 saturated heterocycles. The molecule has 3 nitrogen and oxygen atoms in total. The third kappa shape index (κ3) is 3.04. The average Bonchev–Trinajstić information content (AvgIpc) is 2.90. The maximum Gasteiger partial charge on any atom is 0.129 e. The van der Waals surface area contributed by atoms with E-state index in [0.717, 1.165) is 18.8 Å². The number of hydrogen-bond acceptors (Lipinski definition) is 2. The van der Waals surface area contributed by atoms with Gasteiger partial charge < -0.3 is 5.32 Å². The number of aromatic nitrogens is 2. The average molecular weight is 279 g/mol. The Balaban J connectivity index is 2.30. The van der Waals surface area contributed by atoms with Crippen LogP contribution in [0.5, 0.6) is 0 Å². The number of likely N-dealkylation sites (N-methyl/N-ethyl adjacent to an activating group) is 1. The van der Waals surface area contributed by atoms with E-state index in [4.69, 9.17) is 0 Å². The summed E-state index contributed by atoms with van der Waals surface area (Å²) in [6.07, 6.45) is 1.97. The molecule has 0 aliphatic heterocycles. The predicted octanol–water partition coefficient (Wildman–Crippen LogP) is 3.07. The minimum atomic E-state index is -0.504. The van der Waals surface area contributed by atoms with Gasteiger partial charge in [0.25, 0.3) is 0 Å². The van der Waals surface area contributed by atoms with Crippen LogP contribution in [0.4, 0.5) is 8.78 Å². The zero-order chi connectivity index (χ0) is 14.5. The molecule has 5 heteroatoms. The molecule has 1 unspecified atom stereocenters. The molecule has 1 N–H and O–H groups in total. The number of rotatable bonds is 6. The summed E-state index contributed by atoms with van der Waals surface area (Å²) >= 11 is 0. The van der Waals surface area contributed by atoms with Crippen LogP contribution in [0.15, 0.2) is 30.5 Å². The second-order valence-electron chi connectivity index (χ2n) is 4.59. The molecule has 0 aliphatic rings. The molecule has 0 radical (unpaired) electrons. The van der Waals surface area contributed by atoms with Gasteiger partial charge in [0.1, 0.15) is 11.6 Å². The van der Waals surface area contributed by atoms with Gasteiger partial charge in [0.2, 0.25) is 0 Å². The van der Waals surface area contributed by atoms with Gasteiger partial charge in [0, 0.05) is 18.3 Å². The Morgan fingerprint density at radius 2 is 1.90 bits per heavy atom. The van der Waals surface area contributed by atoms with E-state index < -0.39 is 11.6 Å². The first kappa shape index (κ1) is 14.7. The molecule has 0 aliphatic carbocycles. The third-order valence-corrected chi connectivity index (χ3v) is 3.33. The van der Waals surface area contributed by atoms with Gasteiger partial charge in [-0.3, -0.25) is 4.68 Å². The first-order chi connectivity index (χ1) is 9.67. The van der Waals surface area contributed by atoms with Crippen LogP contribution in [0.3, 0.4) is 0 Å². The van der Waals surface area contributed by atoms with Crippen molar-refractivity contribution in [1.29, 1.82) is 0 Å². The summed E-state index contributed by atoms with van der Waals surface area (Å²) in [5.41, 5.74) is 1.05. The SMILES string of the molecule is CCNC(Cc1c(F)cccc1F)c1ccnn1CC. The van der Waals surface area contributed by atoms with Gasteiger partial charge in [-0.15, -0.1) is 0 Å². The van der Waals surface area contributed by atoms with Crippen LogP contribution < -0.4 is 5.32 Å². The minimum absolute atomic E-state index is 0.113. The topological polar surface area (TPSA) is 29.9 Å². The molecule has 0 amide bonds. The number of hydrogen-bond donors (Lipinski definition) is 1. The van der Waals surface area contributed by atoms with Crippen molar-refractivity contribution in [2.45, 2.75) is 32.9 Å². The fourth-order valence-electron chi connectivity index (χ4n) is 2.36. The van der Waals surface area contributed by atoms with E-state index in [1.165, 1.54) is 18.2 Å². The van der Waals surface area contributed by atoms with Crippen LogP contribution >= 0.6 is 0 Å². The lowest BCUT2D eigenvalue weighted by Crippen LogP contribution is -2.26. The van der Waals surface area contributed by atoms with Gasteiger partial charge in [-0.05, 0) is 38.1 Å². The fourth-order valence-corrected chi connectivity index (χ4v) is 2.36. The van der Waals surface area contributed by atoms with Gasteiger partial charge in [-0.1, -0.05) is 13.0 Å². The lowest BCUT2D eigenvalue weighted by Gasteiger charge is -2.19. The van der Waals surface area contributed by atoms with E-state index >= 15 is 0 Å². The van der Waals surface area contributed by atoms with E-state index in [2.05, 4.69) is 10.4 Å². The Morgan fingerprint density at radius 1 is 1.20 bits per heavy atom. The van der Waals surface area contributed by atoms with Crippen LogP contribution in [0.25, 0.3) is 0 Å². The normalized spacial score (nSPS) is 12.6. The molecule has 1 aromatic heterocycles. The van der Waals surface area contributed by atoms with Crippen LogP contribution in [0, 0.1) is 11.6 Å². The molecular weight excluding hydrogens is 260 g/mol. The summed E-state index contributed by atoms with van der Waals surface area (Å²) in [7, 11) is 0. The van der Waals surface area contributed by atoms with E-state index in [-0.39, 0.29) is 18.0 Å². The van der Waals surface area contributed by atoms with Gasteiger partial charge in [0.15, 0.2) is 0 Å². The van der Waals surface area contributed by atoms with Gasteiger partial charge in [-0.25, -0.2) is 8.78 Å². The first-order valence-corrected chi connectivity index (χ1v) is 6.85. The summed E-state index contributed by atoms with van der Waals surface area (Å²) in [6, 6.07) is 5.69. The molecule has 0 bridgehead atoms. The van der Waals surface area contributed by atoms with Crippen molar-refractivity contribution in [2.24, 2.45) is 0 Å². The van der Waals surface area contributed by atoms with E-state index in [1.807, 2.05) is 24.6 Å². The predicted molar refractivity (Wildman–Crippen MR) is 74.4 cm³/mol. The molecule has 2 rings (SSSR count).